The van der Waals surface area contributed by atoms with Crippen LogP contribution < -0.4 is 15.4 Å². The van der Waals surface area contributed by atoms with Crippen molar-refractivity contribution in [3.05, 3.63) is 66.1 Å². The molecule has 0 spiro atoms. The number of hydrogen-bond acceptors (Lipinski definition) is 2. The molecule has 5 heteroatoms. The first-order chi connectivity index (χ1) is 10.2. The predicted molar refractivity (Wildman–Crippen MR) is 80.6 cm³/mol. The molecule has 2 rings (SSSR count). The van der Waals surface area contributed by atoms with Crippen LogP contribution >= 0.6 is 0 Å². The number of halogens is 1. The number of carbonyl (C=O) groups is 1. The fourth-order valence-electron chi connectivity index (χ4n) is 1.63. The van der Waals surface area contributed by atoms with Gasteiger partial charge in [0.1, 0.15) is 11.6 Å². The summed E-state index contributed by atoms with van der Waals surface area (Å²) in [5.74, 6) is 0.425. The second-order valence-electron chi connectivity index (χ2n) is 4.21. The highest BCUT2D eigenvalue weighted by Crippen LogP contribution is 2.14. The third-order valence-corrected chi connectivity index (χ3v) is 2.71. The topological polar surface area (TPSA) is 50.4 Å². The fourth-order valence-corrected chi connectivity index (χ4v) is 1.63. The molecule has 0 aromatic heterocycles. The smallest absolute Gasteiger partial charge is 0.323 e. The molecule has 0 radical (unpaired) electrons. The molecule has 0 unspecified atom stereocenters. The maximum Gasteiger partial charge on any atom is 0.323 e. The fraction of sp³-hybridized carbons (Fsp3) is 0.0625. The van der Waals surface area contributed by atoms with Gasteiger partial charge in [-0.25, -0.2) is 9.18 Å². The van der Waals surface area contributed by atoms with Crippen molar-refractivity contribution in [2.45, 2.75) is 0 Å². The Balaban J connectivity index is 1.85. The molecule has 0 saturated carbocycles. The molecule has 2 aromatic carbocycles. The zero-order valence-corrected chi connectivity index (χ0v) is 11.5. The minimum Gasteiger partial charge on any atom is -0.497 e. The van der Waals surface area contributed by atoms with Crippen LogP contribution in [0.5, 0.6) is 5.75 Å². The van der Waals surface area contributed by atoms with E-state index in [0.717, 1.165) is 11.3 Å². The van der Waals surface area contributed by atoms with Crippen molar-refractivity contribution in [2.75, 3.05) is 12.4 Å². The molecular weight excluding hydrogens is 271 g/mol. The lowest BCUT2D eigenvalue weighted by atomic mass is 10.2. The van der Waals surface area contributed by atoms with Gasteiger partial charge < -0.3 is 15.4 Å². The zero-order valence-electron chi connectivity index (χ0n) is 11.5. The van der Waals surface area contributed by atoms with Crippen LogP contribution in [0.2, 0.25) is 0 Å². The molecule has 0 aliphatic carbocycles. The van der Waals surface area contributed by atoms with Crippen LogP contribution in [0.25, 0.3) is 6.08 Å². The van der Waals surface area contributed by atoms with E-state index in [0.29, 0.717) is 5.69 Å². The highest BCUT2D eigenvalue weighted by molar-refractivity contribution is 5.90. The molecule has 4 nitrogen and oxygen atoms in total. The number of hydrogen-bond donors (Lipinski definition) is 2. The number of ether oxygens (including phenoxy) is 1. The third kappa shape index (κ3) is 4.65. The minimum atomic E-state index is -0.362. The van der Waals surface area contributed by atoms with Crippen molar-refractivity contribution < 1.29 is 13.9 Å². The van der Waals surface area contributed by atoms with E-state index in [4.69, 9.17) is 4.74 Å². The van der Waals surface area contributed by atoms with Gasteiger partial charge in [-0.15, -0.1) is 0 Å². The summed E-state index contributed by atoms with van der Waals surface area (Å²) in [6.07, 6.45) is 3.17. The van der Waals surface area contributed by atoms with Gasteiger partial charge in [0.15, 0.2) is 0 Å². The molecule has 21 heavy (non-hydrogen) atoms. The monoisotopic (exact) mass is 286 g/mol. The van der Waals surface area contributed by atoms with E-state index in [1.54, 1.807) is 49.6 Å². The number of methoxy groups -OCH3 is 1. The Morgan fingerprint density at radius 3 is 2.38 bits per heavy atom. The summed E-state index contributed by atoms with van der Waals surface area (Å²) in [7, 11) is 1.58. The standard InChI is InChI=1S/C16H15FN2O2/c1-21-15-8-6-14(7-9-15)19-16(20)18-11-10-12-2-4-13(17)5-3-12/h2-11H,1H3,(H2,18,19,20)/b11-10+. The lowest BCUT2D eigenvalue weighted by molar-refractivity contribution is 0.255. The first-order valence-corrected chi connectivity index (χ1v) is 6.31. The van der Waals surface area contributed by atoms with Crippen molar-refractivity contribution in [3.8, 4) is 5.75 Å². The molecule has 0 fully saturated rings. The molecule has 2 N–H and O–H groups in total. The van der Waals surface area contributed by atoms with Gasteiger partial charge in [0.25, 0.3) is 0 Å². The molecule has 0 aliphatic rings. The zero-order chi connectivity index (χ0) is 15.1. The molecule has 108 valence electrons. The SMILES string of the molecule is COc1ccc(NC(=O)N/C=C/c2ccc(F)cc2)cc1. The number of carbonyl (C=O) groups excluding carboxylic acids is 1. The Morgan fingerprint density at radius 1 is 1.10 bits per heavy atom. The number of benzene rings is 2. The molecule has 0 heterocycles. The van der Waals surface area contributed by atoms with E-state index in [1.165, 1.54) is 18.3 Å². The summed E-state index contributed by atoms with van der Waals surface area (Å²) in [5.41, 5.74) is 1.45. The molecule has 0 bridgehead atoms. The summed E-state index contributed by atoms with van der Waals surface area (Å²) in [6.45, 7) is 0. The second kappa shape index (κ2) is 7.09. The lowest BCUT2D eigenvalue weighted by Crippen LogP contribution is -2.23. The van der Waals surface area contributed by atoms with Crippen LogP contribution in [-0.2, 0) is 0 Å². The summed E-state index contributed by atoms with van der Waals surface area (Å²) >= 11 is 0. The van der Waals surface area contributed by atoms with Crippen molar-refractivity contribution in [1.82, 2.24) is 5.32 Å². The van der Waals surface area contributed by atoms with E-state index in [1.807, 2.05) is 0 Å². The van der Waals surface area contributed by atoms with E-state index >= 15 is 0 Å². The molecule has 0 saturated heterocycles. The average Bonchev–Trinajstić information content (AvgIpc) is 2.50. The van der Waals surface area contributed by atoms with Crippen LogP contribution in [0, 0.1) is 5.82 Å². The Bertz CT molecular complexity index is 622. The molecule has 2 amide bonds. The van der Waals surface area contributed by atoms with E-state index in [-0.39, 0.29) is 11.8 Å². The molecular formula is C16H15FN2O2. The Kier molecular flexibility index (Phi) is 4.93. The third-order valence-electron chi connectivity index (χ3n) is 2.71. The second-order valence-corrected chi connectivity index (χ2v) is 4.21. The van der Waals surface area contributed by atoms with Gasteiger partial charge in [0.2, 0.25) is 0 Å². The van der Waals surface area contributed by atoms with Crippen molar-refractivity contribution in [3.63, 3.8) is 0 Å². The largest absolute Gasteiger partial charge is 0.497 e. The van der Waals surface area contributed by atoms with Crippen molar-refractivity contribution >= 4 is 17.8 Å². The summed E-state index contributed by atoms with van der Waals surface area (Å²) in [6, 6.07) is 12.6. The van der Waals surface area contributed by atoms with Gasteiger partial charge in [-0.1, -0.05) is 12.1 Å². The van der Waals surface area contributed by atoms with Crippen molar-refractivity contribution in [1.29, 1.82) is 0 Å². The van der Waals surface area contributed by atoms with E-state index < -0.39 is 0 Å². The summed E-state index contributed by atoms with van der Waals surface area (Å²) < 4.78 is 17.8. The highest BCUT2D eigenvalue weighted by atomic mass is 19.1. The average molecular weight is 286 g/mol. The first kappa shape index (κ1) is 14.6. The molecule has 0 aliphatic heterocycles. The van der Waals surface area contributed by atoms with Gasteiger partial charge in [-0.05, 0) is 48.0 Å². The van der Waals surface area contributed by atoms with Gasteiger partial charge in [-0.2, -0.15) is 0 Å². The van der Waals surface area contributed by atoms with Crippen LogP contribution in [0.1, 0.15) is 5.56 Å². The molecule has 2 aromatic rings. The van der Waals surface area contributed by atoms with Crippen LogP contribution in [-0.4, -0.2) is 13.1 Å². The molecule has 0 atom stereocenters. The number of anilines is 1. The van der Waals surface area contributed by atoms with Crippen LogP contribution in [0.15, 0.2) is 54.7 Å². The number of amides is 2. The summed E-state index contributed by atoms with van der Waals surface area (Å²) in [5, 5.41) is 5.24. The summed E-state index contributed by atoms with van der Waals surface area (Å²) in [4.78, 5) is 11.6. The number of urea groups is 1. The Hall–Kier alpha value is -2.82. The normalized spacial score (nSPS) is 10.4. The number of rotatable bonds is 4. The maximum absolute atomic E-state index is 12.7. The highest BCUT2D eigenvalue weighted by Gasteiger charge is 1.99. The predicted octanol–water partition coefficient (Wildman–Crippen LogP) is 3.63. The van der Waals surface area contributed by atoms with Gasteiger partial charge in [0.05, 0.1) is 7.11 Å². The van der Waals surface area contributed by atoms with Crippen LogP contribution in [0.3, 0.4) is 0 Å². The van der Waals surface area contributed by atoms with Gasteiger partial charge >= 0.3 is 6.03 Å². The first-order valence-electron chi connectivity index (χ1n) is 6.31. The van der Waals surface area contributed by atoms with Gasteiger partial charge in [0, 0.05) is 11.9 Å². The lowest BCUT2D eigenvalue weighted by Gasteiger charge is -2.05. The van der Waals surface area contributed by atoms with Crippen LogP contribution in [0.4, 0.5) is 14.9 Å². The minimum absolute atomic E-state index is 0.294. The van der Waals surface area contributed by atoms with Gasteiger partial charge in [-0.3, -0.25) is 0 Å². The maximum atomic E-state index is 12.7. The van der Waals surface area contributed by atoms with Crippen molar-refractivity contribution in [2.24, 2.45) is 0 Å². The van der Waals surface area contributed by atoms with E-state index in [2.05, 4.69) is 10.6 Å². The van der Waals surface area contributed by atoms with E-state index in [9.17, 15) is 9.18 Å². The quantitative estimate of drug-likeness (QED) is 0.901. The Labute approximate surface area is 122 Å². The number of nitrogens with one attached hydrogen (secondary N) is 2. The Morgan fingerprint density at radius 2 is 1.76 bits per heavy atom.